The summed E-state index contributed by atoms with van der Waals surface area (Å²) >= 11 is 0. The minimum Gasteiger partial charge on any atom is -0.455 e. The van der Waals surface area contributed by atoms with E-state index in [2.05, 4.69) is 210 Å². The van der Waals surface area contributed by atoms with E-state index >= 15 is 0 Å². The summed E-state index contributed by atoms with van der Waals surface area (Å²) in [5, 5.41) is 4.71. The van der Waals surface area contributed by atoms with Gasteiger partial charge in [0.2, 0.25) is 0 Å². The standard InChI is InChI=1S/C63H48N2O2/c1-35-20-22-37(23-21-35)65(38-24-26-41-47(32-38)61(2,3)49-34-45(36-28-30-64-31-29-36)59-54(52(41)49)43-15-9-12-18-50(43)66-59)39-25-27-42-48(33-39)63(6,7)58-56(42)60-55(44-16-10-13-19-51(44)67-60)53-40-14-8-11-17-46(40)62(4,5)57(53)58/h8-34H,1-7H3. The maximum Gasteiger partial charge on any atom is 0.144 e. The summed E-state index contributed by atoms with van der Waals surface area (Å²) in [6.45, 7) is 16.6. The predicted octanol–water partition coefficient (Wildman–Crippen LogP) is 17.2. The lowest BCUT2D eigenvalue weighted by molar-refractivity contribution is 0.600. The number of pyridine rings is 1. The monoisotopic (exact) mass is 864 g/mol. The molecule has 0 radical (unpaired) electrons. The zero-order valence-electron chi connectivity index (χ0n) is 38.8. The van der Waals surface area contributed by atoms with E-state index in [1.807, 2.05) is 12.4 Å². The van der Waals surface area contributed by atoms with Crippen molar-refractivity contribution in [1.82, 2.24) is 4.98 Å². The van der Waals surface area contributed by atoms with Crippen molar-refractivity contribution >= 4 is 60.9 Å². The Morgan fingerprint density at radius 3 is 1.63 bits per heavy atom. The summed E-state index contributed by atoms with van der Waals surface area (Å²) in [5.74, 6) is 0. The summed E-state index contributed by atoms with van der Waals surface area (Å²) in [6, 6.07) is 56.0. The average Bonchev–Trinajstić information content (AvgIpc) is 4.09. The fraction of sp³-hybridized carbons (Fsp3) is 0.159. The highest BCUT2D eigenvalue weighted by Gasteiger charge is 2.49. The van der Waals surface area contributed by atoms with Gasteiger partial charge in [0, 0.05) is 78.4 Å². The molecule has 0 saturated heterocycles. The molecular weight excluding hydrogens is 817 g/mol. The van der Waals surface area contributed by atoms with E-state index in [0.717, 1.165) is 55.9 Å². The maximum atomic E-state index is 7.03. The number of aryl methyl sites for hydroxylation is 1. The van der Waals surface area contributed by atoms with Crippen LogP contribution in [-0.4, -0.2) is 4.98 Å². The first-order valence-corrected chi connectivity index (χ1v) is 23.6. The minimum absolute atomic E-state index is 0.208. The van der Waals surface area contributed by atoms with Crippen molar-refractivity contribution in [2.45, 2.75) is 64.7 Å². The second kappa shape index (κ2) is 13.0. The zero-order valence-corrected chi connectivity index (χ0v) is 38.8. The third-order valence-electron chi connectivity index (χ3n) is 16.0. The number of fused-ring (bicyclic) bond motifs is 19. The molecule has 3 heterocycles. The molecule has 11 aromatic rings. The number of benzene rings is 8. The molecule has 0 aliphatic heterocycles. The van der Waals surface area contributed by atoms with Crippen LogP contribution in [0.2, 0.25) is 0 Å². The quantitative estimate of drug-likeness (QED) is 0.177. The zero-order chi connectivity index (χ0) is 45.3. The molecule has 0 unspecified atom stereocenters. The summed E-state index contributed by atoms with van der Waals surface area (Å²) in [4.78, 5) is 6.82. The number of aromatic nitrogens is 1. The maximum absolute atomic E-state index is 7.03. The first kappa shape index (κ1) is 38.6. The number of furan rings is 2. The molecule has 4 nitrogen and oxygen atoms in total. The highest BCUT2D eigenvalue weighted by molar-refractivity contribution is 6.21. The molecule has 0 spiro atoms. The van der Waals surface area contributed by atoms with Crippen LogP contribution >= 0.6 is 0 Å². The molecule has 14 rings (SSSR count). The Morgan fingerprint density at radius 1 is 0.418 bits per heavy atom. The Labute approximate surface area is 390 Å². The normalized spacial score (nSPS) is 15.4. The van der Waals surface area contributed by atoms with E-state index < -0.39 is 0 Å². The van der Waals surface area contributed by atoms with E-state index in [1.54, 1.807) is 0 Å². The average molecular weight is 865 g/mol. The molecule has 4 heteroatoms. The van der Waals surface area contributed by atoms with Gasteiger partial charge in [-0.05, 0) is 140 Å². The van der Waals surface area contributed by atoms with Crippen LogP contribution in [-0.2, 0) is 16.2 Å². The van der Waals surface area contributed by atoms with Gasteiger partial charge in [0.1, 0.15) is 22.3 Å². The van der Waals surface area contributed by atoms with Crippen LogP contribution in [0.3, 0.4) is 0 Å². The third-order valence-corrected chi connectivity index (χ3v) is 16.0. The van der Waals surface area contributed by atoms with Gasteiger partial charge in [-0.15, -0.1) is 0 Å². The van der Waals surface area contributed by atoms with Gasteiger partial charge < -0.3 is 13.7 Å². The lowest BCUT2D eigenvalue weighted by atomic mass is 9.72. The summed E-state index contributed by atoms with van der Waals surface area (Å²) in [7, 11) is 0. The molecule has 0 bridgehead atoms. The highest BCUT2D eigenvalue weighted by Crippen LogP contribution is 2.64. The summed E-state index contributed by atoms with van der Waals surface area (Å²) in [5.41, 5.74) is 25.4. The molecule has 3 aromatic heterocycles. The number of hydrogen-bond acceptors (Lipinski definition) is 4. The molecular formula is C63H48N2O2. The number of anilines is 3. The molecule has 67 heavy (non-hydrogen) atoms. The van der Waals surface area contributed by atoms with E-state index in [1.165, 1.54) is 88.5 Å². The Kier molecular flexibility index (Phi) is 7.49. The first-order chi connectivity index (χ1) is 32.4. The van der Waals surface area contributed by atoms with Gasteiger partial charge in [0.25, 0.3) is 0 Å². The summed E-state index contributed by atoms with van der Waals surface area (Å²) < 4.78 is 13.8. The first-order valence-electron chi connectivity index (χ1n) is 23.6. The molecule has 0 saturated carbocycles. The minimum atomic E-state index is -0.330. The van der Waals surface area contributed by atoms with E-state index in [-0.39, 0.29) is 16.2 Å². The van der Waals surface area contributed by atoms with Crippen molar-refractivity contribution in [2.75, 3.05) is 4.90 Å². The summed E-state index contributed by atoms with van der Waals surface area (Å²) in [6.07, 6.45) is 3.74. The van der Waals surface area contributed by atoms with Crippen LogP contribution in [0.25, 0.3) is 88.4 Å². The van der Waals surface area contributed by atoms with Crippen LogP contribution in [0.5, 0.6) is 0 Å². The Hall–Kier alpha value is -7.69. The molecule has 3 aliphatic rings. The van der Waals surface area contributed by atoms with Crippen molar-refractivity contribution in [2.24, 2.45) is 0 Å². The lowest BCUT2D eigenvalue weighted by Crippen LogP contribution is -2.24. The van der Waals surface area contributed by atoms with Gasteiger partial charge in [0.05, 0.1) is 0 Å². The van der Waals surface area contributed by atoms with Gasteiger partial charge in [-0.3, -0.25) is 4.98 Å². The smallest absolute Gasteiger partial charge is 0.144 e. The lowest BCUT2D eigenvalue weighted by Gasteiger charge is -2.32. The van der Waals surface area contributed by atoms with Gasteiger partial charge in [-0.2, -0.15) is 0 Å². The molecule has 3 aliphatic carbocycles. The second-order valence-corrected chi connectivity index (χ2v) is 20.7. The van der Waals surface area contributed by atoms with Crippen LogP contribution in [0.4, 0.5) is 17.1 Å². The van der Waals surface area contributed by atoms with Crippen molar-refractivity contribution in [1.29, 1.82) is 0 Å². The SMILES string of the molecule is Cc1ccc(N(c2ccc3c(c2)C(C)(C)c2cc(-c4ccncc4)c4oc5ccccc5c4c2-3)c2ccc3c(c2)C(C)(C)c2c4c(c5c(oc6ccccc65)c2-3)-c2ccccc2C4(C)C)cc1. The molecule has 0 N–H and O–H groups in total. The Morgan fingerprint density at radius 2 is 0.940 bits per heavy atom. The topological polar surface area (TPSA) is 42.4 Å². The third kappa shape index (κ3) is 4.95. The number of nitrogens with zero attached hydrogens (tertiary/aromatic N) is 2. The molecule has 0 fully saturated rings. The van der Waals surface area contributed by atoms with Crippen LogP contribution in [0.15, 0.2) is 173 Å². The fourth-order valence-electron chi connectivity index (χ4n) is 12.8. The fourth-order valence-corrected chi connectivity index (χ4v) is 12.8. The van der Waals surface area contributed by atoms with Crippen LogP contribution in [0, 0.1) is 6.92 Å². The van der Waals surface area contributed by atoms with Gasteiger partial charge in [-0.25, -0.2) is 0 Å². The number of rotatable bonds is 4. The van der Waals surface area contributed by atoms with Gasteiger partial charge in [0.15, 0.2) is 0 Å². The molecule has 0 atom stereocenters. The van der Waals surface area contributed by atoms with Crippen LogP contribution < -0.4 is 4.90 Å². The van der Waals surface area contributed by atoms with Crippen LogP contribution in [0.1, 0.15) is 80.5 Å². The molecule has 322 valence electrons. The highest BCUT2D eigenvalue weighted by atomic mass is 16.3. The molecule has 0 amide bonds. The van der Waals surface area contributed by atoms with Crippen molar-refractivity contribution in [3.05, 3.63) is 203 Å². The predicted molar refractivity (Wildman–Crippen MR) is 276 cm³/mol. The Balaban J connectivity index is 0.985. The largest absolute Gasteiger partial charge is 0.455 e. The van der Waals surface area contributed by atoms with E-state index in [0.29, 0.717) is 0 Å². The Bertz CT molecular complexity index is 3960. The van der Waals surface area contributed by atoms with Crippen molar-refractivity contribution in [3.63, 3.8) is 0 Å². The van der Waals surface area contributed by atoms with E-state index in [9.17, 15) is 0 Å². The van der Waals surface area contributed by atoms with Gasteiger partial charge in [-0.1, -0.05) is 132 Å². The van der Waals surface area contributed by atoms with Gasteiger partial charge >= 0.3 is 0 Å². The number of hydrogen-bond donors (Lipinski definition) is 0. The molecule has 8 aromatic carbocycles. The number of para-hydroxylation sites is 2. The van der Waals surface area contributed by atoms with E-state index in [4.69, 9.17) is 8.83 Å². The van der Waals surface area contributed by atoms with Crippen molar-refractivity contribution in [3.8, 4) is 44.5 Å². The van der Waals surface area contributed by atoms with Crippen molar-refractivity contribution < 1.29 is 8.83 Å². The second-order valence-electron chi connectivity index (χ2n) is 20.7.